The molecule has 0 aliphatic carbocycles. The van der Waals surface area contributed by atoms with Crippen molar-refractivity contribution in [2.75, 3.05) is 39.4 Å². The van der Waals surface area contributed by atoms with Gasteiger partial charge in [-0.15, -0.1) is 24.8 Å². The second-order valence-electron chi connectivity index (χ2n) is 5.27. The van der Waals surface area contributed by atoms with Gasteiger partial charge in [-0.3, -0.25) is 4.90 Å². The van der Waals surface area contributed by atoms with Crippen LogP contribution in [0.1, 0.15) is 18.4 Å². The average molecular weight is 351 g/mol. The van der Waals surface area contributed by atoms with E-state index >= 15 is 0 Å². The van der Waals surface area contributed by atoms with Crippen molar-refractivity contribution in [3.63, 3.8) is 0 Å². The van der Waals surface area contributed by atoms with Gasteiger partial charge in [0, 0.05) is 26.2 Å². The van der Waals surface area contributed by atoms with Gasteiger partial charge in [0.05, 0.1) is 19.3 Å². The zero-order valence-corrected chi connectivity index (χ0v) is 14.6. The van der Waals surface area contributed by atoms with Crippen molar-refractivity contribution in [3.05, 3.63) is 35.9 Å². The van der Waals surface area contributed by atoms with Gasteiger partial charge in [-0.25, -0.2) is 0 Å². The standard InChI is InChI=1S/C16H26N2O2.2ClH/c17-12-16-13-18(9-11-20-16)8-4-5-10-19-14-15-6-2-1-3-7-15;;/h1-3,6-7,16H,4-5,8-14,17H2;2*1H. The van der Waals surface area contributed by atoms with E-state index in [0.717, 1.165) is 39.3 Å². The molecular formula is C16H28Cl2N2O2. The number of rotatable bonds is 8. The normalized spacial score (nSPS) is 18.3. The third kappa shape index (κ3) is 8.32. The monoisotopic (exact) mass is 350 g/mol. The van der Waals surface area contributed by atoms with Gasteiger partial charge < -0.3 is 15.2 Å². The van der Waals surface area contributed by atoms with E-state index < -0.39 is 0 Å². The fourth-order valence-electron chi connectivity index (χ4n) is 2.43. The van der Waals surface area contributed by atoms with Crippen molar-refractivity contribution in [3.8, 4) is 0 Å². The second kappa shape index (κ2) is 13.1. The van der Waals surface area contributed by atoms with Gasteiger partial charge in [0.1, 0.15) is 0 Å². The van der Waals surface area contributed by atoms with Crippen molar-refractivity contribution < 1.29 is 9.47 Å². The van der Waals surface area contributed by atoms with E-state index in [1.165, 1.54) is 12.0 Å². The predicted octanol–water partition coefficient (Wildman–Crippen LogP) is 2.49. The van der Waals surface area contributed by atoms with E-state index in [1.807, 2.05) is 18.2 Å². The summed E-state index contributed by atoms with van der Waals surface area (Å²) in [6, 6.07) is 10.3. The Labute approximate surface area is 146 Å². The van der Waals surface area contributed by atoms with Crippen LogP contribution in [-0.4, -0.2) is 50.4 Å². The Morgan fingerprint density at radius 1 is 1.18 bits per heavy atom. The van der Waals surface area contributed by atoms with Crippen LogP contribution in [0, 0.1) is 0 Å². The number of hydrogen-bond donors (Lipinski definition) is 1. The molecule has 1 unspecified atom stereocenters. The minimum absolute atomic E-state index is 0. The van der Waals surface area contributed by atoms with Crippen LogP contribution in [0.3, 0.4) is 0 Å². The number of benzene rings is 1. The third-order valence-electron chi connectivity index (χ3n) is 3.61. The maximum Gasteiger partial charge on any atom is 0.0824 e. The molecule has 6 heteroatoms. The van der Waals surface area contributed by atoms with Crippen LogP contribution >= 0.6 is 24.8 Å². The maximum absolute atomic E-state index is 5.69. The minimum Gasteiger partial charge on any atom is -0.377 e. The van der Waals surface area contributed by atoms with E-state index in [2.05, 4.69) is 17.0 Å². The molecule has 2 rings (SSSR count). The number of nitrogens with two attached hydrogens (primary N) is 1. The van der Waals surface area contributed by atoms with Crippen molar-refractivity contribution in [2.45, 2.75) is 25.6 Å². The summed E-state index contributed by atoms with van der Waals surface area (Å²) in [7, 11) is 0. The molecule has 1 atom stereocenters. The van der Waals surface area contributed by atoms with Gasteiger partial charge in [-0.2, -0.15) is 0 Å². The first-order valence-corrected chi connectivity index (χ1v) is 7.54. The van der Waals surface area contributed by atoms with Crippen LogP contribution in [0.4, 0.5) is 0 Å². The molecule has 1 aromatic rings. The van der Waals surface area contributed by atoms with E-state index in [0.29, 0.717) is 13.2 Å². The summed E-state index contributed by atoms with van der Waals surface area (Å²) in [5.41, 5.74) is 6.89. The molecular weight excluding hydrogens is 323 g/mol. The van der Waals surface area contributed by atoms with Crippen molar-refractivity contribution in [2.24, 2.45) is 5.73 Å². The highest BCUT2D eigenvalue weighted by Crippen LogP contribution is 2.06. The van der Waals surface area contributed by atoms with Gasteiger partial charge in [-0.05, 0) is 24.9 Å². The highest BCUT2D eigenvalue weighted by molar-refractivity contribution is 5.85. The fourth-order valence-corrected chi connectivity index (χ4v) is 2.43. The number of unbranched alkanes of at least 4 members (excludes halogenated alkanes) is 1. The summed E-state index contributed by atoms with van der Waals surface area (Å²) in [6.07, 6.45) is 2.50. The number of hydrogen-bond acceptors (Lipinski definition) is 4. The summed E-state index contributed by atoms with van der Waals surface area (Å²) in [4.78, 5) is 2.44. The van der Waals surface area contributed by atoms with Crippen LogP contribution in [-0.2, 0) is 16.1 Å². The number of morpholine rings is 1. The Morgan fingerprint density at radius 2 is 1.95 bits per heavy atom. The lowest BCUT2D eigenvalue weighted by atomic mass is 10.2. The van der Waals surface area contributed by atoms with Crippen molar-refractivity contribution in [1.82, 2.24) is 4.90 Å². The summed E-state index contributed by atoms with van der Waals surface area (Å²) < 4.78 is 11.2. The minimum atomic E-state index is 0. The molecule has 1 aliphatic heterocycles. The largest absolute Gasteiger partial charge is 0.377 e. The zero-order chi connectivity index (χ0) is 14.0. The van der Waals surface area contributed by atoms with E-state index in [-0.39, 0.29) is 30.9 Å². The molecule has 0 bridgehead atoms. The van der Waals surface area contributed by atoms with Crippen LogP contribution in [0.2, 0.25) is 0 Å². The Kier molecular flexibility index (Phi) is 12.9. The number of nitrogens with zero attached hydrogens (tertiary/aromatic N) is 1. The van der Waals surface area contributed by atoms with Gasteiger partial charge in [0.15, 0.2) is 0 Å². The molecule has 0 spiro atoms. The van der Waals surface area contributed by atoms with E-state index in [4.69, 9.17) is 15.2 Å². The Morgan fingerprint density at radius 3 is 2.68 bits per heavy atom. The lowest BCUT2D eigenvalue weighted by Gasteiger charge is -2.32. The molecule has 128 valence electrons. The highest BCUT2D eigenvalue weighted by atomic mass is 35.5. The predicted molar refractivity (Wildman–Crippen MR) is 95.1 cm³/mol. The van der Waals surface area contributed by atoms with E-state index in [1.54, 1.807) is 0 Å². The topological polar surface area (TPSA) is 47.7 Å². The van der Waals surface area contributed by atoms with Crippen LogP contribution in [0.15, 0.2) is 30.3 Å². The molecule has 0 amide bonds. The van der Waals surface area contributed by atoms with Crippen LogP contribution in [0.25, 0.3) is 0 Å². The summed E-state index contributed by atoms with van der Waals surface area (Å²) in [5.74, 6) is 0. The lowest BCUT2D eigenvalue weighted by molar-refractivity contribution is -0.0240. The Bertz CT molecular complexity index is 368. The molecule has 0 saturated carbocycles. The molecule has 0 aromatic heterocycles. The first kappa shape index (κ1) is 21.6. The summed E-state index contributed by atoms with van der Waals surface area (Å²) in [5, 5.41) is 0. The molecule has 1 saturated heterocycles. The highest BCUT2D eigenvalue weighted by Gasteiger charge is 2.18. The van der Waals surface area contributed by atoms with Gasteiger partial charge in [0.2, 0.25) is 0 Å². The number of halogens is 2. The molecule has 1 heterocycles. The van der Waals surface area contributed by atoms with Gasteiger partial charge in [0.25, 0.3) is 0 Å². The van der Waals surface area contributed by atoms with Crippen molar-refractivity contribution >= 4 is 24.8 Å². The summed E-state index contributed by atoms with van der Waals surface area (Å²) in [6.45, 7) is 6.10. The summed E-state index contributed by atoms with van der Waals surface area (Å²) >= 11 is 0. The van der Waals surface area contributed by atoms with Crippen LogP contribution in [0.5, 0.6) is 0 Å². The van der Waals surface area contributed by atoms with Gasteiger partial charge >= 0.3 is 0 Å². The average Bonchev–Trinajstić information content (AvgIpc) is 2.52. The zero-order valence-electron chi connectivity index (χ0n) is 13.0. The molecule has 0 radical (unpaired) electrons. The molecule has 1 aliphatic rings. The Hall–Kier alpha value is -0.360. The molecule has 4 nitrogen and oxygen atoms in total. The SMILES string of the molecule is Cl.Cl.NCC1CN(CCCCOCc2ccccc2)CCO1. The first-order valence-electron chi connectivity index (χ1n) is 7.54. The molecule has 1 aromatic carbocycles. The smallest absolute Gasteiger partial charge is 0.0824 e. The quantitative estimate of drug-likeness (QED) is 0.731. The first-order chi connectivity index (χ1) is 9.88. The third-order valence-corrected chi connectivity index (χ3v) is 3.61. The van der Waals surface area contributed by atoms with Crippen LogP contribution < -0.4 is 5.73 Å². The number of ether oxygens (including phenoxy) is 2. The maximum atomic E-state index is 5.69. The molecule has 22 heavy (non-hydrogen) atoms. The molecule has 1 fully saturated rings. The van der Waals surface area contributed by atoms with Crippen molar-refractivity contribution in [1.29, 1.82) is 0 Å². The Balaban J connectivity index is 0.00000220. The molecule has 2 N–H and O–H groups in total. The fraction of sp³-hybridized carbons (Fsp3) is 0.625. The van der Waals surface area contributed by atoms with Gasteiger partial charge in [-0.1, -0.05) is 30.3 Å². The lowest BCUT2D eigenvalue weighted by Crippen LogP contribution is -2.45. The van der Waals surface area contributed by atoms with E-state index in [9.17, 15) is 0 Å². The second-order valence-corrected chi connectivity index (χ2v) is 5.27.